The topological polar surface area (TPSA) is 0 Å². The summed E-state index contributed by atoms with van der Waals surface area (Å²) in [5, 5.41) is 0. The second-order valence-corrected chi connectivity index (χ2v) is 6.31. The Morgan fingerprint density at radius 2 is 1.24 bits per heavy atom. The number of hydrogen-bond donors (Lipinski definition) is 0. The highest BCUT2D eigenvalue weighted by Crippen LogP contribution is 2.42. The van der Waals surface area contributed by atoms with E-state index in [9.17, 15) is 0 Å². The molecule has 0 heteroatoms. The summed E-state index contributed by atoms with van der Waals surface area (Å²) in [6.45, 7) is 35.1. The van der Waals surface area contributed by atoms with Crippen LogP contribution in [0.1, 0.15) is 75.2 Å². The van der Waals surface area contributed by atoms with E-state index in [1.165, 1.54) is 5.57 Å². The van der Waals surface area contributed by atoms with Gasteiger partial charge < -0.3 is 0 Å². The summed E-state index contributed by atoms with van der Waals surface area (Å²) < 4.78 is 0. The zero-order valence-corrected chi connectivity index (χ0v) is 18.6. The first kappa shape index (κ1) is 28.3. The van der Waals surface area contributed by atoms with Gasteiger partial charge in [0.1, 0.15) is 0 Å². The van der Waals surface area contributed by atoms with Crippen molar-refractivity contribution in [2.75, 3.05) is 0 Å². The van der Waals surface area contributed by atoms with Crippen molar-refractivity contribution < 1.29 is 0 Å². The molecule has 144 valence electrons. The zero-order chi connectivity index (χ0) is 20.7. The molecule has 0 radical (unpaired) electrons. The second kappa shape index (κ2) is 14.8. The van der Waals surface area contributed by atoms with Gasteiger partial charge in [-0.1, -0.05) is 119 Å². The van der Waals surface area contributed by atoms with Crippen LogP contribution in [-0.4, -0.2) is 0 Å². The molecule has 0 saturated heterocycles. The minimum Gasteiger partial charge on any atom is -0.0991 e. The van der Waals surface area contributed by atoms with Crippen molar-refractivity contribution in [3.63, 3.8) is 0 Å². The lowest BCUT2D eigenvalue weighted by atomic mass is 9.71. The smallest absolute Gasteiger partial charge is 0.0171 e. The summed E-state index contributed by atoms with van der Waals surface area (Å²) >= 11 is 0. The van der Waals surface area contributed by atoms with Crippen LogP contribution in [0.3, 0.4) is 0 Å². The van der Waals surface area contributed by atoms with Gasteiger partial charge in [0, 0.05) is 5.41 Å². The molecule has 0 aliphatic carbocycles. The fourth-order valence-electron chi connectivity index (χ4n) is 2.23. The molecule has 0 fully saturated rings. The van der Waals surface area contributed by atoms with Crippen LogP contribution in [0.2, 0.25) is 0 Å². The largest absolute Gasteiger partial charge is 0.0991 e. The van der Waals surface area contributed by atoms with Crippen molar-refractivity contribution >= 4 is 0 Å². The van der Waals surface area contributed by atoms with E-state index in [2.05, 4.69) is 67.0 Å². The summed E-state index contributed by atoms with van der Waals surface area (Å²) in [6, 6.07) is 0. The van der Waals surface area contributed by atoms with E-state index in [-0.39, 0.29) is 10.8 Å². The van der Waals surface area contributed by atoms with Crippen molar-refractivity contribution in [1.29, 1.82) is 0 Å². The van der Waals surface area contributed by atoms with Crippen LogP contribution in [0.5, 0.6) is 0 Å². The summed E-state index contributed by atoms with van der Waals surface area (Å²) in [7, 11) is 0. The van der Waals surface area contributed by atoms with Gasteiger partial charge >= 0.3 is 0 Å². The first-order valence-corrected chi connectivity index (χ1v) is 9.73. The Morgan fingerprint density at radius 3 is 1.52 bits per heavy atom. The van der Waals surface area contributed by atoms with E-state index < -0.39 is 0 Å². The summed E-state index contributed by atoms with van der Waals surface area (Å²) in [5.41, 5.74) is 3.46. The van der Waals surface area contributed by atoms with Gasteiger partial charge in [-0.25, -0.2) is 0 Å². The minimum atomic E-state index is -0.121. The molecule has 0 saturated carbocycles. The lowest BCUT2D eigenvalue weighted by molar-refractivity contribution is 0.436. The lowest BCUT2D eigenvalue weighted by Crippen LogP contribution is -2.21. The van der Waals surface area contributed by atoms with E-state index in [4.69, 9.17) is 0 Å². The van der Waals surface area contributed by atoms with Gasteiger partial charge in [0.2, 0.25) is 0 Å². The standard InChI is InChI=1S/C21H32.2C2H6/c1-10-15-18(11-2)21(9,14-5)19(12-3)16-17(6)20(7,8)13-4;2*1-2/h10-12,15-16H,1-3,6,13-14H2,4-5,7-9H3;2*1-2H3/b18-15+,19-16+;;. The molecule has 0 N–H and O–H groups in total. The Bertz CT molecular complexity index is 468. The third-order valence-electron chi connectivity index (χ3n) is 4.80. The van der Waals surface area contributed by atoms with Crippen LogP contribution < -0.4 is 0 Å². The molecule has 0 aromatic rings. The van der Waals surface area contributed by atoms with Crippen molar-refractivity contribution in [2.45, 2.75) is 75.2 Å². The first-order chi connectivity index (χ1) is 11.7. The van der Waals surface area contributed by atoms with Gasteiger partial charge in [-0.05, 0) is 35.0 Å². The Balaban J connectivity index is -0.00000112. The van der Waals surface area contributed by atoms with Crippen LogP contribution in [0.15, 0.2) is 73.4 Å². The average Bonchev–Trinajstić information content (AvgIpc) is 2.66. The Labute approximate surface area is 159 Å². The number of allylic oxidation sites excluding steroid dienone is 8. The van der Waals surface area contributed by atoms with Crippen molar-refractivity contribution in [1.82, 2.24) is 0 Å². The normalized spacial score (nSPS) is 14.0. The van der Waals surface area contributed by atoms with Gasteiger partial charge in [0.05, 0.1) is 0 Å². The monoisotopic (exact) mass is 344 g/mol. The maximum atomic E-state index is 4.27. The fourth-order valence-corrected chi connectivity index (χ4v) is 2.23. The van der Waals surface area contributed by atoms with Gasteiger partial charge in [-0.15, -0.1) is 0 Å². The highest BCUT2D eigenvalue weighted by atomic mass is 14.3. The van der Waals surface area contributed by atoms with E-state index in [0.717, 1.165) is 24.0 Å². The average molecular weight is 345 g/mol. The maximum absolute atomic E-state index is 4.27. The van der Waals surface area contributed by atoms with Crippen LogP contribution >= 0.6 is 0 Å². The predicted molar refractivity (Wildman–Crippen MR) is 121 cm³/mol. The molecule has 1 atom stereocenters. The molecule has 25 heavy (non-hydrogen) atoms. The molecule has 0 aromatic carbocycles. The van der Waals surface area contributed by atoms with Crippen molar-refractivity contribution in [2.24, 2.45) is 10.8 Å². The molecular weight excluding hydrogens is 300 g/mol. The Hall–Kier alpha value is -1.56. The fraction of sp³-hybridized carbons (Fsp3) is 0.520. The maximum Gasteiger partial charge on any atom is 0.0171 e. The van der Waals surface area contributed by atoms with E-state index in [0.29, 0.717) is 0 Å². The summed E-state index contributed by atoms with van der Waals surface area (Å²) in [6.07, 6.45) is 11.9. The number of hydrogen-bond acceptors (Lipinski definition) is 0. The van der Waals surface area contributed by atoms with Crippen LogP contribution in [0, 0.1) is 10.8 Å². The third-order valence-corrected chi connectivity index (χ3v) is 4.80. The van der Waals surface area contributed by atoms with Crippen molar-refractivity contribution in [3.05, 3.63) is 73.4 Å². The quantitative estimate of drug-likeness (QED) is 0.366. The molecule has 0 rings (SSSR count). The van der Waals surface area contributed by atoms with Crippen LogP contribution in [0.25, 0.3) is 0 Å². The first-order valence-electron chi connectivity index (χ1n) is 9.73. The van der Waals surface area contributed by atoms with Gasteiger partial charge in [0.15, 0.2) is 0 Å². The Morgan fingerprint density at radius 1 is 0.800 bits per heavy atom. The van der Waals surface area contributed by atoms with E-state index >= 15 is 0 Å². The molecule has 0 heterocycles. The SMILES string of the molecule is C=C/C=C(\C=C)C(C)(CC)/C(C=C)=C/C(=C)C(C)(C)CC.CC.CC. The van der Waals surface area contributed by atoms with Gasteiger partial charge in [-0.2, -0.15) is 0 Å². The van der Waals surface area contributed by atoms with E-state index in [1.54, 1.807) is 0 Å². The molecule has 0 aromatic heterocycles. The number of rotatable bonds is 9. The predicted octanol–water partition coefficient (Wildman–Crippen LogP) is 8.86. The molecule has 0 amide bonds. The van der Waals surface area contributed by atoms with Crippen LogP contribution in [-0.2, 0) is 0 Å². The highest BCUT2D eigenvalue weighted by Gasteiger charge is 2.29. The Kier molecular flexibility index (Phi) is 16.7. The summed E-state index contributed by atoms with van der Waals surface area (Å²) in [5.74, 6) is 0. The second-order valence-electron chi connectivity index (χ2n) is 6.31. The third kappa shape index (κ3) is 8.38. The minimum absolute atomic E-state index is 0.0966. The molecule has 0 spiro atoms. The van der Waals surface area contributed by atoms with Gasteiger partial charge in [0.25, 0.3) is 0 Å². The molecule has 0 aliphatic rings. The lowest BCUT2D eigenvalue weighted by Gasteiger charge is -2.33. The van der Waals surface area contributed by atoms with Gasteiger partial charge in [-0.3, -0.25) is 0 Å². The molecule has 0 nitrogen and oxygen atoms in total. The summed E-state index contributed by atoms with van der Waals surface area (Å²) in [4.78, 5) is 0. The zero-order valence-electron chi connectivity index (χ0n) is 18.6. The molecular formula is C25H44. The van der Waals surface area contributed by atoms with E-state index in [1.807, 2.05) is 52.0 Å². The molecule has 0 bridgehead atoms. The highest BCUT2D eigenvalue weighted by molar-refractivity contribution is 5.44. The van der Waals surface area contributed by atoms with Crippen LogP contribution in [0.4, 0.5) is 0 Å². The van der Waals surface area contributed by atoms with Crippen molar-refractivity contribution in [3.8, 4) is 0 Å². The molecule has 0 aliphatic heterocycles. The molecule has 1 unspecified atom stereocenters.